The number of carbonyl (C=O) groups is 1. The van der Waals surface area contributed by atoms with E-state index >= 15 is 0 Å². The Labute approximate surface area is 126 Å². The van der Waals surface area contributed by atoms with E-state index in [0.29, 0.717) is 21.5 Å². The highest BCUT2D eigenvalue weighted by Gasteiger charge is 2.25. The van der Waals surface area contributed by atoms with Crippen molar-refractivity contribution in [3.05, 3.63) is 15.3 Å². The summed E-state index contributed by atoms with van der Waals surface area (Å²) < 4.78 is 5.75. The number of hydrogen-bond donors (Lipinski definition) is 1. The molecule has 0 saturated carbocycles. The Morgan fingerprint density at radius 2 is 2.00 bits per heavy atom. The maximum atomic E-state index is 12.0. The van der Waals surface area contributed by atoms with Crippen LogP contribution >= 0.6 is 27.5 Å². The fourth-order valence-electron chi connectivity index (χ4n) is 1.50. The quantitative estimate of drug-likeness (QED) is 0.783. The fourth-order valence-corrected chi connectivity index (χ4v) is 2.01. The van der Waals surface area contributed by atoms with Gasteiger partial charge in [0, 0.05) is 7.05 Å². The zero-order chi connectivity index (χ0) is 15.0. The van der Waals surface area contributed by atoms with Crippen LogP contribution in [0.4, 0.5) is 16.2 Å². The average Bonchev–Trinajstić information content (AvgIpc) is 2.23. The molecule has 1 heterocycles. The van der Waals surface area contributed by atoms with Gasteiger partial charge in [-0.25, -0.2) is 9.78 Å². The number of aromatic nitrogens is 1. The van der Waals surface area contributed by atoms with Crippen LogP contribution in [0, 0.1) is 6.92 Å². The van der Waals surface area contributed by atoms with Gasteiger partial charge in [-0.15, -0.1) is 0 Å². The minimum atomic E-state index is -0.578. The Kier molecular flexibility index (Phi) is 4.68. The SMILES string of the molecule is Cc1nc(Cl)c(Br)c(N)c1N(C)C(=O)OC(C)(C)C. The van der Waals surface area contributed by atoms with Crippen molar-refractivity contribution in [3.63, 3.8) is 0 Å². The van der Waals surface area contributed by atoms with Gasteiger partial charge in [0.15, 0.2) is 0 Å². The first-order valence-corrected chi connectivity index (χ1v) is 6.79. The molecule has 0 saturated heterocycles. The summed E-state index contributed by atoms with van der Waals surface area (Å²) in [6, 6.07) is 0. The number of anilines is 2. The van der Waals surface area contributed by atoms with Gasteiger partial charge in [0.25, 0.3) is 0 Å². The van der Waals surface area contributed by atoms with E-state index in [1.807, 2.05) is 0 Å². The smallest absolute Gasteiger partial charge is 0.414 e. The fraction of sp³-hybridized carbons (Fsp3) is 0.500. The Balaban J connectivity index is 3.17. The number of nitrogens with two attached hydrogens (primary N) is 1. The van der Waals surface area contributed by atoms with E-state index in [0.717, 1.165) is 0 Å². The van der Waals surface area contributed by atoms with Crippen molar-refractivity contribution < 1.29 is 9.53 Å². The molecule has 0 aromatic carbocycles. The van der Waals surface area contributed by atoms with Gasteiger partial charge in [-0.1, -0.05) is 11.6 Å². The van der Waals surface area contributed by atoms with Crippen LogP contribution in [0.25, 0.3) is 0 Å². The van der Waals surface area contributed by atoms with E-state index in [1.165, 1.54) is 4.90 Å². The topological polar surface area (TPSA) is 68.5 Å². The number of amides is 1. The Morgan fingerprint density at radius 1 is 1.47 bits per heavy atom. The molecule has 0 aliphatic heterocycles. The van der Waals surface area contributed by atoms with E-state index in [2.05, 4.69) is 20.9 Å². The van der Waals surface area contributed by atoms with Gasteiger partial charge in [0.05, 0.1) is 21.5 Å². The molecule has 0 radical (unpaired) electrons. The zero-order valence-electron chi connectivity index (χ0n) is 11.5. The second-order valence-electron chi connectivity index (χ2n) is 5.10. The summed E-state index contributed by atoms with van der Waals surface area (Å²) >= 11 is 9.15. The molecular formula is C12H17BrClN3O2. The molecule has 0 aliphatic carbocycles. The number of nitrogen functional groups attached to an aromatic ring is 1. The van der Waals surface area contributed by atoms with Crippen molar-refractivity contribution in [1.82, 2.24) is 4.98 Å². The lowest BCUT2D eigenvalue weighted by Crippen LogP contribution is -2.35. The molecule has 1 aromatic rings. The Bertz CT molecular complexity index is 515. The van der Waals surface area contributed by atoms with Crippen molar-refractivity contribution in [2.45, 2.75) is 33.3 Å². The second-order valence-corrected chi connectivity index (χ2v) is 6.25. The molecule has 0 unspecified atom stereocenters. The largest absolute Gasteiger partial charge is 0.443 e. The van der Waals surface area contributed by atoms with Gasteiger partial charge in [0.2, 0.25) is 0 Å². The van der Waals surface area contributed by atoms with Crippen molar-refractivity contribution in [3.8, 4) is 0 Å². The maximum absolute atomic E-state index is 12.0. The molecular weight excluding hydrogens is 334 g/mol. The molecule has 106 valence electrons. The van der Waals surface area contributed by atoms with Crippen LogP contribution in [0.3, 0.4) is 0 Å². The summed E-state index contributed by atoms with van der Waals surface area (Å²) in [4.78, 5) is 17.5. The number of rotatable bonds is 1. The number of aryl methyl sites for hydroxylation is 1. The van der Waals surface area contributed by atoms with Crippen molar-refractivity contribution >= 4 is 45.0 Å². The highest BCUT2D eigenvalue weighted by Crippen LogP contribution is 2.36. The van der Waals surface area contributed by atoms with Crippen LogP contribution in [0.5, 0.6) is 0 Å². The highest BCUT2D eigenvalue weighted by molar-refractivity contribution is 9.10. The lowest BCUT2D eigenvalue weighted by atomic mass is 10.2. The highest BCUT2D eigenvalue weighted by atomic mass is 79.9. The number of carbonyl (C=O) groups excluding carboxylic acids is 1. The molecule has 0 atom stereocenters. The van der Waals surface area contributed by atoms with Crippen LogP contribution < -0.4 is 10.6 Å². The molecule has 2 N–H and O–H groups in total. The van der Waals surface area contributed by atoms with Gasteiger partial charge < -0.3 is 10.5 Å². The Hall–Kier alpha value is -1.01. The standard InChI is InChI=1S/C12H17BrClN3O2/c1-6-9(8(15)7(13)10(14)16-6)17(5)11(18)19-12(2,3)4/h1-5H3,(H2,15,16). The third-order valence-corrected chi connectivity index (χ3v) is 3.59. The van der Waals surface area contributed by atoms with E-state index in [9.17, 15) is 4.79 Å². The molecule has 1 aromatic heterocycles. The number of halogens is 2. The molecule has 1 rings (SSSR count). The second kappa shape index (κ2) is 5.54. The van der Waals surface area contributed by atoms with Crippen LogP contribution in [0.2, 0.25) is 5.15 Å². The van der Waals surface area contributed by atoms with Crippen LogP contribution in [0.1, 0.15) is 26.5 Å². The lowest BCUT2D eigenvalue weighted by Gasteiger charge is -2.26. The zero-order valence-corrected chi connectivity index (χ0v) is 13.9. The van der Waals surface area contributed by atoms with Crippen molar-refractivity contribution in [2.24, 2.45) is 0 Å². The van der Waals surface area contributed by atoms with Crippen molar-refractivity contribution in [1.29, 1.82) is 0 Å². The summed E-state index contributed by atoms with van der Waals surface area (Å²) in [6.07, 6.45) is -0.502. The minimum Gasteiger partial charge on any atom is -0.443 e. The molecule has 5 nitrogen and oxygen atoms in total. The summed E-state index contributed by atoms with van der Waals surface area (Å²) in [6.45, 7) is 7.12. The lowest BCUT2D eigenvalue weighted by molar-refractivity contribution is 0.0589. The first-order chi connectivity index (χ1) is 8.54. The number of hydrogen-bond acceptors (Lipinski definition) is 4. The van der Waals surface area contributed by atoms with Gasteiger partial charge in [-0.2, -0.15) is 0 Å². The summed E-state index contributed by atoms with van der Waals surface area (Å²) in [7, 11) is 1.58. The minimum absolute atomic E-state index is 0.260. The predicted molar refractivity (Wildman–Crippen MR) is 80.7 cm³/mol. The predicted octanol–water partition coefficient (Wildman–Crippen LogP) is 3.76. The number of pyridine rings is 1. The molecule has 0 bridgehead atoms. The third-order valence-electron chi connectivity index (χ3n) is 2.28. The average molecular weight is 351 g/mol. The van der Waals surface area contributed by atoms with E-state index in [-0.39, 0.29) is 5.15 Å². The van der Waals surface area contributed by atoms with Gasteiger partial charge in [0.1, 0.15) is 10.8 Å². The van der Waals surface area contributed by atoms with Gasteiger partial charge in [-0.05, 0) is 43.6 Å². The first-order valence-electron chi connectivity index (χ1n) is 5.62. The van der Waals surface area contributed by atoms with Crippen molar-refractivity contribution in [2.75, 3.05) is 17.7 Å². The molecule has 0 spiro atoms. The third kappa shape index (κ3) is 3.73. The van der Waals surface area contributed by atoms with Gasteiger partial charge in [-0.3, -0.25) is 4.90 Å². The summed E-state index contributed by atoms with van der Waals surface area (Å²) in [5.74, 6) is 0. The number of nitrogens with zero attached hydrogens (tertiary/aromatic N) is 2. The summed E-state index contributed by atoms with van der Waals surface area (Å²) in [5, 5.41) is 0.260. The Morgan fingerprint density at radius 3 is 2.47 bits per heavy atom. The summed E-state index contributed by atoms with van der Waals surface area (Å²) in [5.41, 5.74) is 6.77. The van der Waals surface area contributed by atoms with E-state index in [4.69, 9.17) is 22.1 Å². The van der Waals surface area contributed by atoms with Crippen LogP contribution in [-0.4, -0.2) is 23.7 Å². The normalized spacial score (nSPS) is 11.3. The van der Waals surface area contributed by atoms with E-state index < -0.39 is 11.7 Å². The molecule has 7 heteroatoms. The molecule has 0 fully saturated rings. The van der Waals surface area contributed by atoms with Crippen LogP contribution in [0.15, 0.2) is 4.47 Å². The maximum Gasteiger partial charge on any atom is 0.414 e. The monoisotopic (exact) mass is 349 g/mol. The number of ether oxygens (including phenoxy) is 1. The van der Waals surface area contributed by atoms with Crippen LogP contribution in [-0.2, 0) is 4.74 Å². The first kappa shape index (κ1) is 16.0. The molecule has 0 aliphatic rings. The molecule has 1 amide bonds. The van der Waals surface area contributed by atoms with E-state index in [1.54, 1.807) is 34.7 Å². The van der Waals surface area contributed by atoms with Gasteiger partial charge >= 0.3 is 6.09 Å². The molecule has 19 heavy (non-hydrogen) atoms.